The third-order valence-electron chi connectivity index (χ3n) is 4.13. The van der Waals surface area contributed by atoms with Gasteiger partial charge in [0.05, 0.1) is 31.0 Å². The Hall–Kier alpha value is -2.07. The third-order valence-corrected chi connectivity index (χ3v) is 5.84. The van der Waals surface area contributed by atoms with E-state index in [0.717, 1.165) is 60.8 Å². The minimum Gasteiger partial charge on any atom is -0.459 e. The summed E-state index contributed by atoms with van der Waals surface area (Å²) in [5, 5.41) is 8.16. The van der Waals surface area contributed by atoms with Crippen LogP contribution in [0.4, 0.5) is 5.13 Å². The molecule has 4 rings (SSSR count). The van der Waals surface area contributed by atoms with Gasteiger partial charge in [-0.15, -0.1) is 22.7 Å². The largest absolute Gasteiger partial charge is 0.459 e. The number of aryl methyl sites for hydroxylation is 1. The lowest BCUT2D eigenvalue weighted by Gasteiger charge is -2.25. The summed E-state index contributed by atoms with van der Waals surface area (Å²) in [6.45, 7) is 6.05. The maximum Gasteiger partial charge on any atom is 0.232 e. The van der Waals surface area contributed by atoms with Crippen molar-refractivity contribution in [1.29, 1.82) is 0 Å². The second-order valence-corrected chi connectivity index (χ2v) is 8.03. The molecular weight excluding hydrogens is 384 g/mol. The second-order valence-electron chi connectivity index (χ2n) is 6.31. The molecule has 3 aromatic rings. The van der Waals surface area contributed by atoms with Crippen molar-refractivity contribution in [3.63, 3.8) is 0 Å². The highest BCUT2D eigenvalue weighted by molar-refractivity contribution is 7.14. The minimum absolute atomic E-state index is 0.116. The van der Waals surface area contributed by atoms with E-state index in [1.165, 1.54) is 22.7 Å². The Morgan fingerprint density at radius 2 is 2.00 bits per heavy atom. The van der Waals surface area contributed by atoms with Crippen molar-refractivity contribution in [3.8, 4) is 10.8 Å². The molecule has 4 heterocycles. The predicted octanol–water partition coefficient (Wildman–Crippen LogP) is 3.18. The van der Waals surface area contributed by atoms with E-state index >= 15 is 0 Å². The Morgan fingerprint density at radius 3 is 2.78 bits per heavy atom. The average Bonchev–Trinajstić information content (AvgIpc) is 3.38. The van der Waals surface area contributed by atoms with Gasteiger partial charge >= 0.3 is 0 Å². The maximum absolute atomic E-state index is 12.3. The zero-order valence-corrected chi connectivity index (χ0v) is 16.6. The van der Waals surface area contributed by atoms with Gasteiger partial charge in [-0.1, -0.05) is 0 Å². The monoisotopic (exact) mass is 404 g/mol. The van der Waals surface area contributed by atoms with Gasteiger partial charge in [0, 0.05) is 30.4 Å². The molecule has 1 saturated heterocycles. The van der Waals surface area contributed by atoms with Crippen LogP contribution in [0.15, 0.2) is 27.3 Å². The molecule has 0 radical (unpaired) electrons. The molecule has 7 nitrogen and oxygen atoms in total. The molecular formula is C18H20N4O3S2. The summed E-state index contributed by atoms with van der Waals surface area (Å²) in [5.74, 6) is 1.46. The van der Waals surface area contributed by atoms with Gasteiger partial charge in [-0.3, -0.25) is 9.69 Å². The molecule has 1 aliphatic heterocycles. The quantitative estimate of drug-likeness (QED) is 0.680. The number of thiazole rings is 2. The van der Waals surface area contributed by atoms with Crippen LogP contribution < -0.4 is 5.32 Å². The van der Waals surface area contributed by atoms with E-state index in [0.29, 0.717) is 5.13 Å². The lowest BCUT2D eigenvalue weighted by atomic mass is 10.3. The number of anilines is 1. The van der Waals surface area contributed by atoms with Crippen LogP contribution in [0.3, 0.4) is 0 Å². The van der Waals surface area contributed by atoms with E-state index in [-0.39, 0.29) is 12.3 Å². The smallest absolute Gasteiger partial charge is 0.232 e. The van der Waals surface area contributed by atoms with Gasteiger partial charge < -0.3 is 14.5 Å². The van der Waals surface area contributed by atoms with Gasteiger partial charge in [0.25, 0.3) is 0 Å². The number of furan rings is 1. The van der Waals surface area contributed by atoms with Crippen molar-refractivity contribution in [1.82, 2.24) is 14.9 Å². The highest BCUT2D eigenvalue weighted by atomic mass is 32.1. The predicted molar refractivity (Wildman–Crippen MR) is 105 cm³/mol. The van der Waals surface area contributed by atoms with Crippen LogP contribution in [-0.4, -0.2) is 47.1 Å². The first-order valence-electron chi connectivity index (χ1n) is 8.71. The molecule has 0 unspecified atom stereocenters. The average molecular weight is 405 g/mol. The topological polar surface area (TPSA) is 80.5 Å². The molecule has 0 saturated carbocycles. The number of carbonyl (C=O) groups is 1. The van der Waals surface area contributed by atoms with E-state index in [9.17, 15) is 4.79 Å². The number of carbonyl (C=O) groups excluding carboxylic acids is 1. The fourth-order valence-electron chi connectivity index (χ4n) is 2.80. The molecule has 0 aliphatic carbocycles. The first-order valence-corrected chi connectivity index (χ1v) is 10.5. The number of nitrogens with zero attached hydrogens (tertiary/aromatic N) is 3. The molecule has 1 aliphatic rings. The van der Waals surface area contributed by atoms with Gasteiger partial charge in [0.2, 0.25) is 5.91 Å². The van der Waals surface area contributed by atoms with E-state index in [2.05, 4.69) is 20.2 Å². The Bertz CT molecular complexity index is 911. The molecule has 142 valence electrons. The first kappa shape index (κ1) is 18.3. The number of nitrogens with one attached hydrogen (secondary N) is 1. The van der Waals surface area contributed by atoms with Crippen LogP contribution in [0, 0.1) is 6.92 Å². The molecule has 27 heavy (non-hydrogen) atoms. The number of aromatic nitrogens is 2. The Labute approximate surface area is 165 Å². The van der Waals surface area contributed by atoms with Gasteiger partial charge in [-0.05, 0) is 19.1 Å². The molecule has 1 amide bonds. The lowest BCUT2D eigenvalue weighted by molar-refractivity contribution is -0.115. The van der Waals surface area contributed by atoms with E-state index in [1.54, 1.807) is 0 Å². The van der Waals surface area contributed by atoms with Crippen molar-refractivity contribution < 1.29 is 13.9 Å². The zero-order valence-electron chi connectivity index (χ0n) is 14.9. The number of hydrogen-bond donors (Lipinski definition) is 1. The molecule has 1 fully saturated rings. The highest BCUT2D eigenvalue weighted by Gasteiger charge is 2.15. The van der Waals surface area contributed by atoms with Crippen LogP contribution in [0.2, 0.25) is 0 Å². The molecule has 9 heteroatoms. The van der Waals surface area contributed by atoms with E-state index in [1.807, 2.05) is 29.8 Å². The van der Waals surface area contributed by atoms with Crippen molar-refractivity contribution >= 4 is 33.7 Å². The lowest BCUT2D eigenvalue weighted by Crippen LogP contribution is -2.35. The standard InChI is InChI=1S/C18H20N4O3S2/c1-12-2-3-15(25-12)17-19-13(10-26-17)8-16(23)21-18-20-14(11-27-18)9-22-4-6-24-7-5-22/h2-3,10-11H,4-9H2,1H3,(H,20,21,23). The van der Waals surface area contributed by atoms with Crippen LogP contribution >= 0.6 is 22.7 Å². The molecule has 0 atom stereocenters. The Morgan fingerprint density at radius 1 is 1.19 bits per heavy atom. The molecule has 0 spiro atoms. The summed E-state index contributed by atoms with van der Waals surface area (Å²) in [4.78, 5) is 23.6. The minimum atomic E-state index is -0.116. The first-order chi connectivity index (χ1) is 13.2. The fraction of sp³-hybridized carbons (Fsp3) is 0.389. The van der Waals surface area contributed by atoms with Crippen molar-refractivity contribution in [3.05, 3.63) is 40.0 Å². The van der Waals surface area contributed by atoms with Crippen LogP contribution in [-0.2, 0) is 22.5 Å². The summed E-state index contributed by atoms with van der Waals surface area (Å²) in [5.41, 5.74) is 1.70. The van der Waals surface area contributed by atoms with Crippen LogP contribution in [0.25, 0.3) is 10.8 Å². The van der Waals surface area contributed by atoms with Gasteiger partial charge in [-0.2, -0.15) is 0 Å². The summed E-state index contributed by atoms with van der Waals surface area (Å²) in [6.07, 6.45) is 0.217. The summed E-state index contributed by atoms with van der Waals surface area (Å²) >= 11 is 2.92. The Kier molecular flexibility index (Phi) is 5.63. The second kappa shape index (κ2) is 8.30. The number of ether oxygens (including phenoxy) is 1. The third kappa shape index (κ3) is 4.81. The number of rotatable bonds is 6. The van der Waals surface area contributed by atoms with E-state index < -0.39 is 0 Å². The highest BCUT2D eigenvalue weighted by Crippen LogP contribution is 2.26. The summed E-state index contributed by atoms with van der Waals surface area (Å²) in [6, 6.07) is 3.80. The van der Waals surface area contributed by atoms with Gasteiger partial charge in [-0.25, -0.2) is 9.97 Å². The summed E-state index contributed by atoms with van der Waals surface area (Å²) in [7, 11) is 0. The maximum atomic E-state index is 12.3. The fourth-order valence-corrected chi connectivity index (χ4v) is 4.30. The van der Waals surface area contributed by atoms with Gasteiger partial charge in [0.15, 0.2) is 15.9 Å². The number of hydrogen-bond acceptors (Lipinski definition) is 8. The SMILES string of the molecule is Cc1ccc(-c2nc(CC(=O)Nc3nc(CN4CCOCC4)cs3)cs2)o1. The molecule has 1 N–H and O–H groups in total. The number of amides is 1. The number of morpholine rings is 1. The van der Waals surface area contributed by atoms with Crippen molar-refractivity contribution in [2.75, 3.05) is 31.6 Å². The van der Waals surface area contributed by atoms with Crippen molar-refractivity contribution in [2.24, 2.45) is 0 Å². The van der Waals surface area contributed by atoms with E-state index in [4.69, 9.17) is 9.15 Å². The van der Waals surface area contributed by atoms with Gasteiger partial charge in [0.1, 0.15) is 5.76 Å². The normalized spacial score (nSPS) is 15.1. The van der Waals surface area contributed by atoms with Crippen molar-refractivity contribution in [2.45, 2.75) is 19.9 Å². The zero-order chi connectivity index (χ0) is 18.6. The van der Waals surface area contributed by atoms with Crippen LogP contribution in [0.1, 0.15) is 17.1 Å². The molecule has 0 bridgehead atoms. The molecule has 3 aromatic heterocycles. The summed E-state index contributed by atoms with van der Waals surface area (Å²) < 4.78 is 10.9. The van der Waals surface area contributed by atoms with Crippen LogP contribution in [0.5, 0.6) is 0 Å². The molecule has 0 aromatic carbocycles. The Balaban J connectivity index is 1.31.